The van der Waals surface area contributed by atoms with E-state index in [9.17, 15) is 0 Å². The summed E-state index contributed by atoms with van der Waals surface area (Å²) in [6, 6.07) is 15.1. The Kier molecular flexibility index (Phi) is 4.52. The summed E-state index contributed by atoms with van der Waals surface area (Å²) in [6.07, 6.45) is 9.04. The van der Waals surface area contributed by atoms with Gasteiger partial charge in [0.05, 0.1) is 24.5 Å². The second-order valence-electron chi connectivity index (χ2n) is 8.81. The molecule has 4 heterocycles. The zero-order chi connectivity index (χ0) is 22.6. The lowest BCUT2D eigenvalue weighted by Crippen LogP contribution is -2.23. The lowest BCUT2D eigenvalue weighted by Gasteiger charge is -2.30. The lowest BCUT2D eigenvalue weighted by molar-refractivity contribution is 0.413. The third-order valence-electron chi connectivity index (χ3n) is 6.64. The number of aromatic nitrogens is 4. The van der Waals surface area contributed by atoms with Gasteiger partial charge in [0.15, 0.2) is 0 Å². The van der Waals surface area contributed by atoms with Crippen molar-refractivity contribution in [1.82, 2.24) is 20.2 Å². The molecule has 33 heavy (non-hydrogen) atoms. The number of nitrogens with zero attached hydrogens (tertiary/aromatic N) is 2. The van der Waals surface area contributed by atoms with E-state index in [1.54, 1.807) is 13.3 Å². The van der Waals surface area contributed by atoms with E-state index in [0.29, 0.717) is 0 Å². The number of methoxy groups -OCH3 is 1. The number of rotatable bonds is 4. The van der Waals surface area contributed by atoms with Crippen LogP contribution in [0.3, 0.4) is 0 Å². The Morgan fingerprint density at radius 3 is 2.79 bits per heavy atom. The van der Waals surface area contributed by atoms with Gasteiger partial charge in [0.1, 0.15) is 11.4 Å². The van der Waals surface area contributed by atoms with Crippen LogP contribution in [-0.4, -0.2) is 27.3 Å². The highest BCUT2D eigenvalue weighted by atomic mass is 32.1. The van der Waals surface area contributed by atoms with Crippen LogP contribution in [0.2, 0.25) is 0 Å². The Labute approximate surface area is 196 Å². The fourth-order valence-corrected chi connectivity index (χ4v) is 5.80. The number of ether oxygens (including phenoxy) is 1. The van der Waals surface area contributed by atoms with Crippen molar-refractivity contribution < 1.29 is 4.74 Å². The van der Waals surface area contributed by atoms with Gasteiger partial charge in [-0.2, -0.15) is 5.10 Å². The van der Waals surface area contributed by atoms with Crippen molar-refractivity contribution in [3.05, 3.63) is 81.9 Å². The molecule has 2 N–H and O–H groups in total. The molecule has 0 saturated carbocycles. The number of thiophene rings is 1. The first-order valence-corrected chi connectivity index (χ1v) is 11.8. The average molecular weight is 453 g/mol. The maximum absolute atomic E-state index is 5.35. The second kappa shape index (κ2) is 7.46. The number of benzene rings is 1. The monoisotopic (exact) mass is 452 g/mol. The van der Waals surface area contributed by atoms with E-state index in [1.807, 2.05) is 23.6 Å². The second-order valence-corrected chi connectivity index (χ2v) is 10.1. The van der Waals surface area contributed by atoms with E-state index in [1.165, 1.54) is 15.3 Å². The largest absolute Gasteiger partial charge is 0.495 e. The van der Waals surface area contributed by atoms with Gasteiger partial charge in [0, 0.05) is 38.0 Å². The van der Waals surface area contributed by atoms with Crippen LogP contribution in [0.15, 0.2) is 60.9 Å². The topological polar surface area (TPSA) is 66.6 Å². The first-order chi connectivity index (χ1) is 16.0. The molecule has 0 spiro atoms. The van der Waals surface area contributed by atoms with Crippen molar-refractivity contribution >= 4 is 28.3 Å². The molecule has 5 nitrogen and oxygen atoms in total. The van der Waals surface area contributed by atoms with E-state index < -0.39 is 0 Å². The number of nitrogens with one attached hydrogen (secondary N) is 2. The summed E-state index contributed by atoms with van der Waals surface area (Å²) < 4.78 is 5.35. The smallest absolute Gasteiger partial charge is 0.137 e. The Bertz CT molecular complexity index is 1520. The molecule has 1 aliphatic rings. The maximum Gasteiger partial charge on any atom is 0.137 e. The summed E-state index contributed by atoms with van der Waals surface area (Å²) in [5.74, 6) is 0.743. The summed E-state index contributed by atoms with van der Waals surface area (Å²) in [6.45, 7) is 4.51. The van der Waals surface area contributed by atoms with Crippen molar-refractivity contribution in [2.75, 3.05) is 7.11 Å². The molecule has 0 bridgehead atoms. The zero-order valence-corrected chi connectivity index (χ0v) is 19.6. The quantitative estimate of drug-likeness (QED) is 0.318. The molecule has 4 aromatic heterocycles. The zero-order valence-electron chi connectivity index (χ0n) is 18.8. The molecule has 164 valence electrons. The number of aryl methyl sites for hydroxylation is 1. The minimum absolute atomic E-state index is 0.0404. The summed E-state index contributed by atoms with van der Waals surface area (Å²) in [4.78, 5) is 10.7. The molecule has 0 aliphatic heterocycles. The van der Waals surface area contributed by atoms with Gasteiger partial charge in [0.2, 0.25) is 0 Å². The number of H-pyrrole nitrogens is 2. The van der Waals surface area contributed by atoms with Crippen molar-refractivity contribution in [3.63, 3.8) is 0 Å². The third kappa shape index (κ3) is 3.21. The summed E-state index contributed by atoms with van der Waals surface area (Å²) in [5, 5.41) is 8.96. The van der Waals surface area contributed by atoms with E-state index in [-0.39, 0.29) is 5.41 Å². The third-order valence-corrected chi connectivity index (χ3v) is 7.90. The average Bonchev–Trinajstić information content (AvgIpc) is 3.57. The molecular formula is C27H24N4OS. The molecule has 0 fully saturated rings. The Balaban J connectivity index is 1.46. The highest BCUT2D eigenvalue weighted by Gasteiger charge is 2.35. The summed E-state index contributed by atoms with van der Waals surface area (Å²) >= 11 is 1.88. The van der Waals surface area contributed by atoms with E-state index in [0.717, 1.165) is 51.3 Å². The van der Waals surface area contributed by atoms with E-state index in [2.05, 4.69) is 82.6 Å². The van der Waals surface area contributed by atoms with Gasteiger partial charge in [-0.25, -0.2) is 0 Å². The fourth-order valence-electron chi connectivity index (χ4n) is 4.76. The number of hydrogen-bond acceptors (Lipinski definition) is 4. The molecule has 6 rings (SSSR count). The van der Waals surface area contributed by atoms with E-state index in [4.69, 9.17) is 4.74 Å². The molecule has 1 unspecified atom stereocenters. The molecule has 1 aromatic carbocycles. The summed E-state index contributed by atoms with van der Waals surface area (Å²) in [7, 11) is 1.66. The first kappa shape index (κ1) is 20.0. The van der Waals surface area contributed by atoms with Crippen LogP contribution in [-0.2, 0) is 5.41 Å². The van der Waals surface area contributed by atoms with Crippen LogP contribution >= 0.6 is 11.3 Å². The molecular weight excluding hydrogens is 428 g/mol. The van der Waals surface area contributed by atoms with Gasteiger partial charge in [-0.3, -0.25) is 10.1 Å². The minimum atomic E-state index is -0.0404. The van der Waals surface area contributed by atoms with E-state index >= 15 is 0 Å². The molecule has 0 amide bonds. The van der Waals surface area contributed by atoms with Crippen LogP contribution < -0.4 is 4.74 Å². The normalized spacial score (nSPS) is 17.4. The number of pyridine rings is 1. The first-order valence-electron chi connectivity index (χ1n) is 11.0. The summed E-state index contributed by atoms with van der Waals surface area (Å²) in [5.41, 5.74) is 7.49. The number of aromatic amines is 2. The Morgan fingerprint density at radius 1 is 1.06 bits per heavy atom. The van der Waals surface area contributed by atoms with Crippen LogP contribution in [0, 0.1) is 6.92 Å². The van der Waals surface area contributed by atoms with Crippen molar-refractivity contribution in [2.24, 2.45) is 0 Å². The molecule has 1 atom stereocenters. The molecule has 0 saturated heterocycles. The Hall–Kier alpha value is -3.64. The van der Waals surface area contributed by atoms with Gasteiger partial charge < -0.3 is 9.72 Å². The molecule has 5 aromatic rings. The maximum atomic E-state index is 5.35. The number of allylic oxidation sites excluding steroid dienone is 1. The van der Waals surface area contributed by atoms with Gasteiger partial charge in [-0.05, 0) is 66.9 Å². The van der Waals surface area contributed by atoms with Crippen LogP contribution in [0.4, 0.5) is 0 Å². The number of fused-ring (bicyclic) bond motifs is 2. The van der Waals surface area contributed by atoms with Gasteiger partial charge in [0.25, 0.3) is 0 Å². The van der Waals surface area contributed by atoms with Crippen LogP contribution in [0.1, 0.15) is 34.4 Å². The SMILES string of the molecule is COc1cncc(-c2ccc3[nH]nc(-c4cc5c([nH]4)C=CCC5(C)c4ccc(C)s4)c3c2)c1. The fraction of sp³-hybridized carbons (Fsp3) is 0.185. The van der Waals surface area contributed by atoms with Gasteiger partial charge >= 0.3 is 0 Å². The highest BCUT2D eigenvalue weighted by Crippen LogP contribution is 2.45. The molecule has 1 aliphatic carbocycles. The van der Waals surface area contributed by atoms with Crippen LogP contribution in [0.5, 0.6) is 5.75 Å². The molecule has 6 heteroatoms. The predicted molar refractivity (Wildman–Crippen MR) is 135 cm³/mol. The predicted octanol–water partition coefficient (Wildman–Crippen LogP) is 6.72. The number of hydrogen-bond donors (Lipinski definition) is 2. The van der Waals surface area contributed by atoms with Gasteiger partial charge in [-0.1, -0.05) is 19.1 Å². The van der Waals surface area contributed by atoms with Crippen molar-refractivity contribution in [1.29, 1.82) is 0 Å². The standard InChI is InChI=1S/C27H24N4OS/c1-16-6-9-25(33-16)27(2)10-4-5-23-21(27)13-24(29-23)26-20-12-17(7-8-22(20)30-31-26)18-11-19(32-3)15-28-14-18/h4-9,11-15,29H,10H2,1-3H3,(H,30,31). The van der Waals surface area contributed by atoms with Crippen LogP contribution in [0.25, 0.3) is 39.5 Å². The van der Waals surface area contributed by atoms with Gasteiger partial charge in [-0.15, -0.1) is 11.3 Å². The minimum Gasteiger partial charge on any atom is -0.495 e. The Morgan fingerprint density at radius 2 is 1.97 bits per heavy atom. The lowest BCUT2D eigenvalue weighted by atomic mass is 9.75. The highest BCUT2D eigenvalue weighted by molar-refractivity contribution is 7.12. The van der Waals surface area contributed by atoms with Crippen molar-refractivity contribution in [3.8, 4) is 28.3 Å². The van der Waals surface area contributed by atoms with Crippen molar-refractivity contribution in [2.45, 2.75) is 25.7 Å². The molecule has 0 radical (unpaired) electrons.